The fourth-order valence-corrected chi connectivity index (χ4v) is 2.64. The van der Waals surface area contributed by atoms with Crippen LogP contribution >= 0.6 is 0 Å². The van der Waals surface area contributed by atoms with Crippen LogP contribution in [0.15, 0.2) is 48.5 Å². The predicted molar refractivity (Wildman–Crippen MR) is 92.0 cm³/mol. The van der Waals surface area contributed by atoms with Gasteiger partial charge >= 0.3 is 6.36 Å². The van der Waals surface area contributed by atoms with E-state index in [1.54, 1.807) is 24.3 Å². The number of alkyl halides is 3. The third-order valence-electron chi connectivity index (χ3n) is 3.90. The quantitative estimate of drug-likeness (QED) is 0.806. The van der Waals surface area contributed by atoms with Crippen molar-refractivity contribution < 1.29 is 32.2 Å². The van der Waals surface area contributed by atoms with E-state index in [1.165, 1.54) is 12.1 Å². The van der Waals surface area contributed by atoms with Crippen LogP contribution in [-0.4, -0.2) is 31.6 Å². The monoisotopic (exact) mass is 381 g/mol. The highest BCUT2D eigenvalue weighted by molar-refractivity contribution is 6.04. The molecule has 0 spiro atoms. The van der Waals surface area contributed by atoms with Crippen molar-refractivity contribution in [3.8, 4) is 11.5 Å². The maximum Gasteiger partial charge on any atom is 0.573 e. The van der Waals surface area contributed by atoms with Crippen molar-refractivity contribution in [3.05, 3.63) is 54.1 Å². The zero-order valence-electron chi connectivity index (χ0n) is 14.3. The molecule has 1 saturated heterocycles. The number of amides is 1. The van der Waals surface area contributed by atoms with E-state index >= 15 is 0 Å². The van der Waals surface area contributed by atoms with E-state index < -0.39 is 18.0 Å². The number of benzene rings is 2. The van der Waals surface area contributed by atoms with E-state index in [-0.39, 0.29) is 11.8 Å². The van der Waals surface area contributed by atoms with Crippen LogP contribution in [0.4, 0.5) is 18.9 Å². The van der Waals surface area contributed by atoms with E-state index in [4.69, 9.17) is 9.47 Å². The molecule has 1 amide bonds. The Kier molecular flexibility index (Phi) is 5.85. The first-order valence-electron chi connectivity index (χ1n) is 8.41. The lowest BCUT2D eigenvalue weighted by Crippen LogP contribution is -2.17. The number of carbonyl (C=O) groups excluding carboxylic acids is 1. The molecule has 8 heteroatoms. The number of ether oxygens (including phenoxy) is 3. The molecule has 1 aliphatic heterocycles. The second-order valence-corrected chi connectivity index (χ2v) is 6.00. The van der Waals surface area contributed by atoms with Gasteiger partial charge in [0.05, 0.1) is 6.10 Å². The summed E-state index contributed by atoms with van der Waals surface area (Å²) in [5, 5.41) is 2.53. The van der Waals surface area contributed by atoms with Crippen LogP contribution in [-0.2, 0) is 4.74 Å². The first kappa shape index (κ1) is 19.0. The highest BCUT2D eigenvalue weighted by Crippen LogP contribution is 2.25. The molecule has 1 heterocycles. The molecule has 0 unspecified atom stereocenters. The Bertz CT molecular complexity index is 771. The fourth-order valence-electron chi connectivity index (χ4n) is 2.64. The van der Waals surface area contributed by atoms with Crippen LogP contribution in [0.2, 0.25) is 0 Å². The largest absolute Gasteiger partial charge is 0.573 e. The van der Waals surface area contributed by atoms with Gasteiger partial charge in [-0.1, -0.05) is 6.07 Å². The Morgan fingerprint density at radius 3 is 2.59 bits per heavy atom. The summed E-state index contributed by atoms with van der Waals surface area (Å²) in [6, 6.07) is 11.6. The molecule has 27 heavy (non-hydrogen) atoms. The number of hydrogen-bond donors (Lipinski definition) is 1. The van der Waals surface area contributed by atoms with Crippen LogP contribution in [0.25, 0.3) is 0 Å². The van der Waals surface area contributed by atoms with Gasteiger partial charge in [0.15, 0.2) is 0 Å². The van der Waals surface area contributed by atoms with Crippen molar-refractivity contribution in [1.29, 1.82) is 0 Å². The summed E-state index contributed by atoms with van der Waals surface area (Å²) < 4.78 is 51.7. The molecule has 0 bridgehead atoms. The summed E-state index contributed by atoms with van der Waals surface area (Å²) in [6.07, 6.45) is -2.69. The van der Waals surface area contributed by atoms with Crippen molar-refractivity contribution in [2.24, 2.45) is 0 Å². The van der Waals surface area contributed by atoms with E-state index in [9.17, 15) is 18.0 Å². The molecule has 0 aliphatic carbocycles. The molecule has 3 rings (SSSR count). The van der Waals surface area contributed by atoms with E-state index in [0.717, 1.165) is 31.6 Å². The number of nitrogens with one attached hydrogen (secondary N) is 1. The van der Waals surface area contributed by atoms with E-state index in [2.05, 4.69) is 10.1 Å². The number of anilines is 1. The Balaban J connectivity index is 1.56. The first-order valence-corrected chi connectivity index (χ1v) is 8.41. The fraction of sp³-hybridized carbons (Fsp3) is 0.316. The number of rotatable bonds is 6. The highest BCUT2D eigenvalue weighted by Gasteiger charge is 2.31. The van der Waals surface area contributed by atoms with Gasteiger partial charge in [-0.2, -0.15) is 0 Å². The maximum absolute atomic E-state index is 12.3. The van der Waals surface area contributed by atoms with Crippen molar-refractivity contribution in [3.63, 3.8) is 0 Å². The van der Waals surface area contributed by atoms with Gasteiger partial charge in [0.1, 0.15) is 18.1 Å². The van der Waals surface area contributed by atoms with E-state index in [1.807, 2.05) is 0 Å². The molecule has 2 aromatic carbocycles. The number of carbonyl (C=O) groups is 1. The lowest BCUT2D eigenvalue weighted by molar-refractivity contribution is -0.274. The van der Waals surface area contributed by atoms with Crippen molar-refractivity contribution in [2.75, 3.05) is 18.5 Å². The Labute approximate surface area is 154 Å². The van der Waals surface area contributed by atoms with Crippen molar-refractivity contribution in [2.45, 2.75) is 25.3 Å². The first-order chi connectivity index (χ1) is 12.9. The standard InChI is InChI=1S/C19H18F3NO4/c20-19(21,22)27-16-4-1-3-14(11-16)23-18(24)13-6-8-15(9-7-13)26-12-17-5-2-10-25-17/h1,3-4,6-9,11,17H,2,5,10,12H2,(H,23,24)/t17-/m0/s1. The molecule has 2 aromatic rings. The SMILES string of the molecule is O=C(Nc1cccc(OC(F)(F)F)c1)c1ccc(OC[C@@H]2CCCO2)cc1. The minimum Gasteiger partial charge on any atom is -0.491 e. The minimum absolute atomic E-state index is 0.0965. The number of halogens is 3. The third kappa shape index (κ3) is 5.89. The molecule has 0 saturated carbocycles. The molecule has 1 aliphatic rings. The topological polar surface area (TPSA) is 56.8 Å². The average Bonchev–Trinajstić information content (AvgIpc) is 3.13. The van der Waals surface area contributed by atoms with Gasteiger partial charge in [0.25, 0.3) is 5.91 Å². The lowest BCUT2D eigenvalue weighted by Gasteiger charge is -2.12. The van der Waals surface area contributed by atoms with Gasteiger partial charge in [-0.05, 0) is 49.2 Å². The van der Waals surface area contributed by atoms with Gasteiger partial charge in [-0.25, -0.2) is 0 Å². The molecule has 5 nitrogen and oxygen atoms in total. The molecular weight excluding hydrogens is 363 g/mol. The van der Waals surface area contributed by atoms with Gasteiger partial charge in [-0.3, -0.25) is 4.79 Å². The molecule has 0 radical (unpaired) electrons. The minimum atomic E-state index is -4.79. The second kappa shape index (κ2) is 8.30. The van der Waals surface area contributed by atoms with E-state index in [0.29, 0.717) is 17.9 Å². The molecule has 1 fully saturated rings. The molecule has 1 atom stereocenters. The van der Waals surface area contributed by atoms with Gasteiger partial charge in [0.2, 0.25) is 0 Å². The summed E-state index contributed by atoms with van der Waals surface area (Å²) in [5.74, 6) is -0.245. The van der Waals surface area contributed by atoms with Gasteiger partial charge < -0.3 is 19.5 Å². The van der Waals surface area contributed by atoms with Crippen LogP contribution in [0, 0.1) is 0 Å². The predicted octanol–water partition coefficient (Wildman–Crippen LogP) is 4.40. The summed E-state index contributed by atoms with van der Waals surface area (Å²) in [5.41, 5.74) is 0.544. The molecule has 1 N–H and O–H groups in total. The average molecular weight is 381 g/mol. The molecule has 0 aromatic heterocycles. The maximum atomic E-state index is 12.3. The van der Waals surface area contributed by atoms with Crippen molar-refractivity contribution in [1.82, 2.24) is 0 Å². The normalized spacial score (nSPS) is 16.8. The number of hydrogen-bond acceptors (Lipinski definition) is 4. The van der Waals surface area contributed by atoms with Crippen LogP contribution in [0.1, 0.15) is 23.2 Å². The summed E-state index contributed by atoms with van der Waals surface area (Å²) >= 11 is 0. The molecule has 144 valence electrons. The second-order valence-electron chi connectivity index (χ2n) is 6.00. The summed E-state index contributed by atoms with van der Waals surface area (Å²) in [6.45, 7) is 1.21. The van der Waals surface area contributed by atoms with Crippen molar-refractivity contribution >= 4 is 11.6 Å². The zero-order valence-corrected chi connectivity index (χ0v) is 14.3. The summed E-state index contributed by atoms with van der Waals surface area (Å²) in [7, 11) is 0. The smallest absolute Gasteiger partial charge is 0.491 e. The van der Waals surface area contributed by atoms with Crippen LogP contribution < -0.4 is 14.8 Å². The zero-order chi connectivity index (χ0) is 19.3. The van der Waals surface area contributed by atoms with Gasteiger partial charge in [-0.15, -0.1) is 13.2 Å². The lowest BCUT2D eigenvalue weighted by atomic mass is 10.2. The Morgan fingerprint density at radius 2 is 1.93 bits per heavy atom. The van der Waals surface area contributed by atoms with Crippen LogP contribution in [0.5, 0.6) is 11.5 Å². The Morgan fingerprint density at radius 1 is 1.15 bits per heavy atom. The highest BCUT2D eigenvalue weighted by atomic mass is 19.4. The van der Waals surface area contributed by atoms with Crippen LogP contribution in [0.3, 0.4) is 0 Å². The Hall–Kier alpha value is -2.74. The molecular formula is C19H18F3NO4. The summed E-state index contributed by atoms with van der Waals surface area (Å²) in [4.78, 5) is 12.3. The third-order valence-corrected chi connectivity index (χ3v) is 3.90. The van der Waals surface area contributed by atoms with Gasteiger partial charge in [0, 0.05) is 23.9 Å².